The quantitative estimate of drug-likeness (QED) is 0.131. The highest BCUT2D eigenvalue weighted by Crippen LogP contribution is 2.08. The highest BCUT2D eigenvalue weighted by Gasteiger charge is 2.32. The fourth-order valence-corrected chi connectivity index (χ4v) is 3.11. The summed E-state index contributed by atoms with van der Waals surface area (Å²) >= 11 is 0. The number of nitrogens with one attached hydrogen (secondary N) is 3. The molecule has 0 heterocycles. The molecule has 0 aromatic heterocycles. The van der Waals surface area contributed by atoms with Crippen LogP contribution in [0.1, 0.15) is 59.8 Å². The maximum Gasteiger partial charge on any atom is 0.326 e. The molecule has 0 aliphatic carbocycles. The van der Waals surface area contributed by atoms with Gasteiger partial charge in [0, 0.05) is 0 Å². The third-order valence-electron chi connectivity index (χ3n) is 4.91. The average Bonchev–Trinajstić information content (AvgIpc) is 2.69. The first-order chi connectivity index (χ1) is 15.3. The second-order valence-corrected chi connectivity index (χ2v) is 8.88. The van der Waals surface area contributed by atoms with Crippen LogP contribution in [0.4, 0.5) is 0 Å². The van der Waals surface area contributed by atoms with E-state index in [0.29, 0.717) is 25.8 Å². The summed E-state index contributed by atoms with van der Waals surface area (Å²) in [5.74, 6) is -4.42. The Kier molecular flexibility index (Phi) is 13.9. The second kappa shape index (κ2) is 15.2. The minimum atomic E-state index is -1.53. The molecule has 0 fully saturated rings. The lowest BCUT2D eigenvalue weighted by Crippen LogP contribution is -2.58. The monoisotopic (exact) mass is 472 g/mol. The Morgan fingerprint density at radius 2 is 1.42 bits per heavy atom. The van der Waals surface area contributed by atoms with E-state index in [4.69, 9.17) is 17.2 Å². The van der Waals surface area contributed by atoms with E-state index in [2.05, 4.69) is 16.0 Å². The number of amides is 4. The summed E-state index contributed by atoms with van der Waals surface area (Å²) in [5.41, 5.74) is 16.5. The summed E-state index contributed by atoms with van der Waals surface area (Å²) in [7, 11) is 0. The van der Waals surface area contributed by atoms with Crippen molar-refractivity contribution in [3.63, 3.8) is 0 Å². The minimum Gasteiger partial charge on any atom is -0.480 e. The number of carboxylic acids is 1. The van der Waals surface area contributed by atoms with Gasteiger partial charge in [0.05, 0.1) is 12.5 Å². The van der Waals surface area contributed by atoms with Crippen molar-refractivity contribution in [1.82, 2.24) is 16.0 Å². The molecule has 0 aliphatic heterocycles. The van der Waals surface area contributed by atoms with E-state index in [9.17, 15) is 29.1 Å². The Hall–Kier alpha value is -2.73. The second-order valence-electron chi connectivity index (χ2n) is 8.88. The van der Waals surface area contributed by atoms with E-state index >= 15 is 0 Å². The van der Waals surface area contributed by atoms with Crippen LogP contribution in [-0.4, -0.2) is 65.4 Å². The van der Waals surface area contributed by atoms with Gasteiger partial charge in [0.15, 0.2) is 0 Å². The van der Waals surface area contributed by atoms with Gasteiger partial charge in [0.25, 0.3) is 0 Å². The fraction of sp³-hybridized carbons (Fsp3) is 0.762. The fourth-order valence-electron chi connectivity index (χ4n) is 3.11. The van der Waals surface area contributed by atoms with Crippen molar-refractivity contribution in [1.29, 1.82) is 0 Å². The number of aliphatic carboxylic acids is 1. The SMILES string of the molecule is CC(C)CC(N)C(=O)NC(CCCCN)C(=O)NC(C(=O)NC(CC(N)=O)C(=O)O)C(C)C. The Bertz CT molecular complexity index is 684. The van der Waals surface area contributed by atoms with Crippen LogP contribution in [-0.2, 0) is 24.0 Å². The maximum atomic E-state index is 13.0. The normalized spacial score (nSPS) is 14.8. The molecule has 0 bridgehead atoms. The Labute approximate surface area is 194 Å². The van der Waals surface area contributed by atoms with E-state index in [1.54, 1.807) is 13.8 Å². The van der Waals surface area contributed by atoms with E-state index in [-0.39, 0.29) is 12.3 Å². The molecule has 0 saturated heterocycles. The predicted octanol–water partition coefficient (Wildman–Crippen LogP) is -1.44. The number of nitrogens with two attached hydrogens (primary N) is 3. The van der Waals surface area contributed by atoms with Crippen molar-refractivity contribution in [3.05, 3.63) is 0 Å². The van der Waals surface area contributed by atoms with Crippen LogP contribution < -0.4 is 33.2 Å². The standard InChI is InChI=1S/C21H40N6O6/c1-11(2)9-13(23)18(29)25-14(7-5-6-8-22)19(30)27-17(12(3)4)20(31)26-15(21(32)33)10-16(24)28/h11-15,17H,5-10,22-23H2,1-4H3,(H2,24,28)(H,25,29)(H,26,31)(H,27,30)(H,32,33). The number of carboxylic acid groups (broad SMARTS) is 1. The Balaban J connectivity index is 5.43. The van der Waals surface area contributed by atoms with Crippen LogP contribution in [0.25, 0.3) is 0 Å². The zero-order valence-electron chi connectivity index (χ0n) is 19.9. The first-order valence-electron chi connectivity index (χ1n) is 11.2. The summed E-state index contributed by atoms with van der Waals surface area (Å²) in [6.07, 6.45) is 1.34. The van der Waals surface area contributed by atoms with Crippen molar-refractivity contribution in [2.24, 2.45) is 29.0 Å². The molecule has 12 nitrogen and oxygen atoms in total. The number of hydrogen-bond donors (Lipinski definition) is 7. The maximum absolute atomic E-state index is 13.0. The zero-order valence-corrected chi connectivity index (χ0v) is 19.9. The van der Waals surface area contributed by atoms with E-state index in [1.165, 1.54) is 0 Å². The van der Waals surface area contributed by atoms with Crippen LogP contribution in [0.5, 0.6) is 0 Å². The van der Waals surface area contributed by atoms with Gasteiger partial charge < -0.3 is 38.3 Å². The average molecular weight is 473 g/mol. The number of carbonyl (C=O) groups is 5. The smallest absolute Gasteiger partial charge is 0.326 e. The number of primary amides is 1. The number of hydrogen-bond acceptors (Lipinski definition) is 7. The van der Waals surface area contributed by atoms with Crippen LogP contribution in [0.15, 0.2) is 0 Å². The van der Waals surface area contributed by atoms with Crippen LogP contribution in [0, 0.1) is 11.8 Å². The van der Waals surface area contributed by atoms with E-state index in [1.807, 2.05) is 13.8 Å². The summed E-state index contributed by atoms with van der Waals surface area (Å²) in [6, 6.07) is -4.37. The molecular formula is C21H40N6O6. The van der Waals surface area contributed by atoms with Gasteiger partial charge in [0.2, 0.25) is 23.6 Å². The summed E-state index contributed by atoms with van der Waals surface area (Å²) in [5, 5.41) is 16.7. The third kappa shape index (κ3) is 12.2. The molecule has 0 saturated carbocycles. The molecule has 0 radical (unpaired) electrons. The van der Waals surface area contributed by atoms with Gasteiger partial charge in [0.1, 0.15) is 18.1 Å². The summed E-state index contributed by atoms with van der Waals surface area (Å²) < 4.78 is 0. The lowest BCUT2D eigenvalue weighted by molar-refractivity contribution is -0.144. The molecule has 0 aromatic carbocycles. The van der Waals surface area contributed by atoms with E-state index < -0.39 is 66.1 Å². The highest BCUT2D eigenvalue weighted by atomic mass is 16.4. The van der Waals surface area contributed by atoms with Gasteiger partial charge in [-0.25, -0.2) is 4.79 Å². The van der Waals surface area contributed by atoms with Gasteiger partial charge in [-0.1, -0.05) is 27.7 Å². The van der Waals surface area contributed by atoms with Crippen molar-refractivity contribution in [3.8, 4) is 0 Å². The van der Waals surface area contributed by atoms with Crippen molar-refractivity contribution < 1.29 is 29.1 Å². The van der Waals surface area contributed by atoms with Gasteiger partial charge in [-0.2, -0.15) is 0 Å². The molecule has 33 heavy (non-hydrogen) atoms. The molecule has 4 unspecified atom stereocenters. The van der Waals surface area contributed by atoms with Crippen molar-refractivity contribution in [2.75, 3.05) is 6.54 Å². The molecule has 10 N–H and O–H groups in total. The Morgan fingerprint density at radius 1 is 0.848 bits per heavy atom. The van der Waals surface area contributed by atoms with Gasteiger partial charge in [-0.15, -0.1) is 0 Å². The molecule has 4 amide bonds. The lowest BCUT2D eigenvalue weighted by atomic mass is 10.00. The van der Waals surface area contributed by atoms with Crippen LogP contribution >= 0.6 is 0 Å². The number of rotatable bonds is 16. The third-order valence-corrected chi connectivity index (χ3v) is 4.91. The largest absolute Gasteiger partial charge is 0.480 e. The highest BCUT2D eigenvalue weighted by molar-refractivity contribution is 5.95. The molecular weight excluding hydrogens is 432 g/mol. The molecule has 0 aliphatic rings. The summed E-state index contributed by atoms with van der Waals surface area (Å²) in [4.78, 5) is 60.5. The van der Waals surface area contributed by atoms with Crippen LogP contribution in [0.3, 0.4) is 0 Å². The topological polar surface area (TPSA) is 220 Å². The first-order valence-corrected chi connectivity index (χ1v) is 11.2. The zero-order chi connectivity index (χ0) is 25.7. The lowest BCUT2D eigenvalue weighted by Gasteiger charge is -2.27. The first kappa shape index (κ1) is 30.3. The van der Waals surface area contributed by atoms with Crippen molar-refractivity contribution in [2.45, 2.75) is 84.0 Å². The predicted molar refractivity (Wildman–Crippen MR) is 122 cm³/mol. The molecule has 190 valence electrons. The summed E-state index contributed by atoms with van der Waals surface area (Å²) in [6.45, 7) is 7.59. The molecule has 0 rings (SSSR count). The molecule has 0 aromatic rings. The Morgan fingerprint density at radius 3 is 1.88 bits per heavy atom. The van der Waals surface area contributed by atoms with E-state index in [0.717, 1.165) is 0 Å². The van der Waals surface area contributed by atoms with Gasteiger partial charge in [-0.3, -0.25) is 19.2 Å². The molecule has 4 atom stereocenters. The molecule has 0 spiro atoms. The van der Waals surface area contributed by atoms with Gasteiger partial charge >= 0.3 is 5.97 Å². The number of carbonyl (C=O) groups excluding carboxylic acids is 4. The minimum absolute atomic E-state index is 0.187. The number of unbranched alkanes of at least 4 members (excludes halogenated alkanes) is 1. The van der Waals surface area contributed by atoms with Crippen LogP contribution in [0.2, 0.25) is 0 Å². The molecule has 12 heteroatoms. The van der Waals surface area contributed by atoms with Crippen molar-refractivity contribution >= 4 is 29.6 Å². The van der Waals surface area contributed by atoms with Gasteiger partial charge in [-0.05, 0) is 44.1 Å².